The first kappa shape index (κ1) is 16.8. The van der Waals surface area contributed by atoms with Crippen molar-refractivity contribution < 1.29 is 14.3 Å². The van der Waals surface area contributed by atoms with Crippen LogP contribution in [-0.2, 0) is 4.79 Å². The fraction of sp³-hybridized carbons (Fsp3) is 0.190. The van der Waals surface area contributed by atoms with Crippen LogP contribution < -0.4 is 14.8 Å². The van der Waals surface area contributed by atoms with Crippen molar-refractivity contribution in [3.63, 3.8) is 0 Å². The number of rotatable bonds is 6. The standard InChI is InChI=1S/C21H21NO3/c1-3-24-17-11-13-18(14-12-17)25-15(2)21(23)22-20-10-6-8-16-7-4-5-9-19(16)20/h4-15H,3H2,1-2H3,(H,22,23). The van der Waals surface area contributed by atoms with E-state index in [2.05, 4.69) is 5.32 Å². The molecule has 1 amide bonds. The summed E-state index contributed by atoms with van der Waals surface area (Å²) in [6.45, 7) is 4.28. The highest BCUT2D eigenvalue weighted by Crippen LogP contribution is 2.24. The normalized spacial score (nSPS) is 11.8. The van der Waals surface area contributed by atoms with Gasteiger partial charge in [-0.25, -0.2) is 0 Å². The zero-order valence-electron chi connectivity index (χ0n) is 14.4. The molecule has 1 atom stereocenters. The lowest BCUT2D eigenvalue weighted by atomic mass is 10.1. The van der Waals surface area contributed by atoms with Crippen LogP contribution in [0.3, 0.4) is 0 Å². The molecule has 0 aliphatic heterocycles. The van der Waals surface area contributed by atoms with Crippen molar-refractivity contribution in [1.82, 2.24) is 0 Å². The number of anilines is 1. The number of amides is 1. The molecule has 4 heteroatoms. The van der Waals surface area contributed by atoms with Crippen molar-refractivity contribution in [2.75, 3.05) is 11.9 Å². The molecule has 0 bridgehead atoms. The summed E-state index contributed by atoms with van der Waals surface area (Å²) in [6.07, 6.45) is -0.614. The topological polar surface area (TPSA) is 47.6 Å². The number of hydrogen-bond acceptors (Lipinski definition) is 3. The van der Waals surface area contributed by atoms with Gasteiger partial charge in [0, 0.05) is 11.1 Å². The SMILES string of the molecule is CCOc1ccc(OC(C)C(=O)Nc2cccc3ccccc23)cc1. The molecule has 0 saturated heterocycles. The molecular formula is C21H21NO3. The molecule has 25 heavy (non-hydrogen) atoms. The highest BCUT2D eigenvalue weighted by atomic mass is 16.5. The lowest BCUT2D eigenvalue weighted by molar-refractivity contribution is -0.122. The molecule has 0 spiro atoms. The second-order valence-electron chi connectivity index (χ2n) is 5.68. The third-order valence-corrected chi connectivity index (χ3v) is 3.86. The lowest BCUT2D eigenvalue weighted by Gasteiger charge is -2.16. The summed E-state index contributed by atoms with van der Waals surface area (Å²) in [6, 6.07) is 21.0. The summed E-state index contributed by atoms with van der Waals surface area (Å²) in [4.78, 5) is 12.5. The molecule has 3 rings (SSSR count). The van der Waals surface area contributed by atoms with Gasteiger partial charge in [0.25, 0.3) is 5.91 Å². The summed E-state index contributed by atoms with van der Waals surface area (Å²) in [5, 5.41) is 5.04. The Labute approximate surface area is 147 Å². The van der Waals surface area contributed by atoms with Crippen LogP contribution in [0.1, 0.15) is 13.8 Å². The molecule has 0 aliphatic carbocycles. The van der Waals surface area contributed by atoms with Crippen LogP contribution in [0, 0.1) is 0 Å². The van der Waals surface area contributed by atoms with Gasteiger partial charge in [0.05, 0.1) is 6.61 Å². The zero-order chi connectivity index (χ0) is 17.6. The summed E-state index contributed by atoms with van der Waals surface area (Å²) < 4.78 is 11.1. The molecule has 1 unspecified atom stereocenters. The monoisotopic (exact) mass is 335 g/mol. The Kier molecular flexibility index (Phi) is 5.19. The van der Waals surface area contributed by atoms with E-state index >= 15 is 0 Å². The molecule has 0 saturated carbocycles. The number of benzene rings is 3. The Morgan fingerprint density at radius 1 is 0.960 bits per heavy atom. The first-order valence-electron chi connectivity index (χ1n) is 8.35. The number of ether oxygens (including phenoxy) is 2. The van der Waals surface area contributed by atoms with E-state index in [1.165, 1.54) is 0 Å². The van der Waals surface area contributed by atoms with Crippen LogP contribution in [0.2, 0.25) is 0 Å². The van der Waals surface area contributed by atoms with Gasteiger partial charge in [-0.3, -0.25) is 4.79 Å². The smallest absolute Gasteiger partial charge is 0.265 e. The second-order valence-corrected chi connectivity index (χ2v) is 5.68. The molecule has 0 aliphatic rings. The molecule has 0 fully saturated rings. The zero-order valence-corrected chi connectivity index (χ0v) is 14.4. The Balaban J connectivity index is 1.68. The fourth-order valence-corrected chi connectivity index (χ4v) is 2.61. The highest BCUT2D eigenvalue weighted by molar-refractivity contribution is 6.03. The van der Waals surface area contributed by atoms with Gasteiger partial charge in [-0.1, -0.05) is 36.4 Å². The largest absolute Gasteiger partial charge is 0.494 e. The third kappa shape index (κ3) is 4.10. The van der Waals surface area contributed by atoms with E-state index in [4.69, 9.17) is 9.47 Å². The molecular weight excluding hydrogens is 314 g/mol. The number of fused-ring (bicyclic) bond motifs is 1. The Morgan fingerprint density at radius 3 is 2.40 bits per heavy atom. The van der Waals surface area contributed by atoms with Gasteiger partial charge in [0.2, 0.25) is 0 Å². The average molecular weight is 335 g/mol. The van der Waals surface area contributed by atoms with Crippen LogP contribution >= 0.6 is 0 Å². The van der Waals surface area contributed by atoms with Crippen LogP contribution in [0.25, 0.3) is 10.8 Å². The Hall–Kier alpha value is -3.01. The minimum absolute atomic E-state index is 0.190. The lowest BCUT2D eigenvalue weighted by Crippen LogP contribution is -2.30. The van der Waals surface area contributed by atoms with Gasteiger partial charge in [-0.2, -0.15) is 0 Å². The maximum atomic E-state index is 12.5. The molecule has 0 aromatic heterocycles. The third-order valence-electron chi connectivity index (χ3n) is 3.86. The van der Waals surface area contributed by atoms with Crippen LogP contribution in [0.5, 0.6) is 11.5 Å². The van der Waals surface area contributed by atoms with Gasteiger partial charge in [-0.05, 0) is 49.6 Å². The molecule has 128 valence electrons. The second kappa shape index (κ2) is 7.71. The Morgan fingerprint density at radius 2 is 1.64 bits per heavy atom. The van der Waals surface area contributed by atoms with Gasteiger partial charge in [0.15, 0.2) is 6.10 Å². The van der Waals surface area contributed by atoms with Crippen molar-refractivity contribution in [2.24, 2.45) is 0 Å². The van der Waals surface area contributed by atoms with Gasteiger partial charge in [-0.15, -0.1) is 0 Å². The number of carbonyl (C=O) groups is 1. The van der Waals surface area contributed by atoms with E-state index in [0.717, 1.165) is 22.2 Å². The van der Waals surface area contributed by atoms with Crippen LogP contribution in [0.4, 0.5) is 5.69 Å². The molecule has 1 N–H and O–H groups in total. The number of carbonyl (C=O) groups excluding carboxylic acids is 1. The van der Waals surface area contributed by atoms with Gasteiger partial charge >= 0.3 is 0 Å². The molecule has 3 aromatic rings. The molecule has 3 aromatic carbocycles. The van der Waals surface area contributed by atoms with Crippen molar-refractivity contribution in [2.45, 2.75) is 20.0 Å². The molecule has 4 nitrogen and oxygen atoms in total. The van der Waals surface area contributed by atoms with Crippen molar-refractivity contribution in [3.8, 4) is 11.5 Å². The summed E-state index contributed by atoms with van der Waals surface area (Å²) in [7, 11) is 0. The maximum absolute atomic E-state index is 12.5. The number of hydrogen-bond donors (Lipinski definition) is 1. The van der Waals surface area contributed by atoms with E-state index in [1.807, 2.05) is 61.5 Å². The molecule has 0 radical (unpaired) electrons. The van der Waals surface area contributed by atoms with Crippen LogP contribution in [0.15, 0.2) is 66.7 Å². The molecule has 0 heterocycles. The van der Waals surface area contributed by atoms with Crippen molar-refractivity contribution in [3.05, 3.63) is 66.7 Å². The predicted octanol–water partition coefficient (Wildman–Crippen LogP) is 4.64. The quantitative estimate of drug-likeness (QED) is 0.713. The Bertz CT molecular complexity index is 853. The van der Waals surface area contributed by atoms with Gasteiger partial charge in [0.1, 0.15) is 11.5 Å². The van der Waals surface area contributed by atoms with E-state index in [0.29, 0.717) is 12.4 Å². The average Bonchev–Trinajstić information content (AvgIpc) is 2.64. The van der Waals surface area contributed by atoms with Crippen LogP contribution in [-0.4, -0.2) is 18.6 Å². The summed E-state index contributed by atoms with van der Waals surface area (Å²) in [5.74, 6) is 1.22. The van der Waals surface area contributed by atoms with E-state index < -0.39 is 6.10 Å². The minimum atomic E-state index is -0.614. The first-order chi connectivity index (χ1) is 12.2. The van der Waals surface area contributed by atoms with Crippen molar-refractivity contribution in [1.29, 1.82) is 0 Å². The van der Waals surface area contributed by atoms with Gasteiger partial charge < -0.3 is 14.8 Å². The summed E-state index contributed by atoms with van der Waals surface area (Å²) >= 11 is 0. The van der Waals surface area contributed by atoms with Crippen molar-refractivity contribution >= 4 is 22.4 Å². The first-order valence-corrected chi connectivity index (χ1v) is 8.35. The fourth-order valence-electron chi connectivity index (χ4n) is 2.61. The van der Waals surface area contributed by atoms with E-state index in [-0.39, 0.29) is 5.91 Å². The number of nitrogens with one attached hydrogen (secondary N) is 1. The van der Waals surface area contributed by atoms with E-state index in [1.54, 1.807) is 19.1 Å². The van der Waals surface area contributed by atoms with E-state index in [9.17, 15) is 4.79 Å². The maximum Gasteiger partial charge on any atom is 0.265 e. The predicted molar refractivity (Wildman–Crippen MR) is 100 cm³/mol. The highest BCUT2D eigenvalue weighted by Gasteiger charge is 2.16. The minimum Gasteiger partial charge on any atom is -0.494 e. The summed E-state index contributed by atoms with van der Waals surface area (Å²) in [5.41, 5.74) is 0.783.